The first-order valence-corrected chi connectivity index (χ1v) is 8.89. The predicted octanol–water partition coefficient (Wildman–Crippen LogP) is -0.417. The van der Waals surface area contributed by atoms with Crippen molar-refractivity contribution >= 4 is 0 Å². The van der Waals surface area contributed by atoms with E-state index >= 15 is 0 Å². The number of rotatable bonds is 3. The quantitative estimate of drug-likeness (QED) is 0.741. The Labute approximate surface area is 134 Å². The molecule has 3 aliphatic heterocycles. The number of hydrogen-bond acceptors (Lipinski definition) is 5. The Hall–Kier alpha value is -0.270. The molecule has 0 bridgehead atoms. The van der Waals surface area contributed by atoms with Gasteiger partial charge in [-0.3, -0.25) is 4.90 Å². The van der Waals surface area contributed by atoms with Crippen LogP contribution in [0, 0.1) is 5.92 Å². The maximum absolute atomic E-state index is 14.2. The van der Waals surface area contributed by atoms with E-state index in [4.69, 9.17) is 5.73 Å². The van der Waals surface area contributed by atoms with Crippen LogP contribution in [0.3, 0.4) is 0 Å². The molecule has 0 saturated carbocycles. The minimum Gasteiger partial charge on any atom is -0.325 e. The molecule has 3 saturated heterocycles. The molecule has 0 amide bonds. The van der Waals surface area contributed by atoms with Crippen LogP contribution in [0.15, 0.2) is 0 Å². The maximum Gasteiger partial charge on any atom is 0.129 e. The average molecular weight is 313 g/mol. The fraction of sp³-hybridized carbons (Fsp3) is 1.00. The van der Waals surface area contributed by atoms with Gasteiger partial charge in [-0.15, -0.1) is 0 Å². The lowest BCUT2D eigenvalue weighted by Crippen LogP contribution is -2.63. The summed E-state index contributed by atoms with van der Waals surface area (Å²) in [7, 11) is 2.20. The third kappa shape index (κ3) is 3.97. The Morgan fingerprint density at radius 1 is 1.05 bits per heavy atom. The van der Waals surface area contributed by atoms with Crippen LogP contribution in [-0.4, -0.2) is 98.9 Å². The zero-order valence-corrected chi connectivity index (χ0v) is 13.9. The molecule has 22 heavy (non-hydrogen) atoms. The largest absolute Gasteiger partial charge is 0.325 e. The van der Waals surface area contributed by atoms with Gasteiger partial charge in [0, 0.05) is 51.9 Å². The summed E-state index contributed by atoms with van der Waals surface area (Å²) in [6, 6.07) is -0.149. The van der Waals surface area contributed by atoms with Crippen molar-refractivity contribution in [2.24, 2.45) is 11.7 Å². The highest BCUT2D eigenvalue weighted by Crippen LogP contribution is 2.24. The van der Waals surface area contributed by atoms with Gasteiger partial charge in [-0.2, -0.15) is 0 Å². The molecule has 0 aromatic rings. The summed E-state index contributed by atoms with van der Waals surface area (Å²) in [5.41, 5.74) is 6.14. The van der Waals surface area contributed by atoms with Crippen molar-refractivity contribution < 1.29 is 4.39 Å². The van der Waals surface area contributed by atoms with Gasteiger partial charge in [0.25, 0.3) is 0 Å². The van der Waals surface area contributed by atoms with Gasteiger partial charge in [0.05, 0.1) is 6.04 Å². The number of halogens is 1. The number of piperazine rings is 1. The molecule has 3 atom stereocenters. The van der Waals surface area contributed by atoms with E-state index in [1.165, 1.54) is 45.6 Å². The molecule has 0 spiro atoms. The van der Waals surface area contributed by atoms with E-state index in [0.29, 0.717) is 6.54 Å². The molecular weight excluding hydrogens is 281 g/mol. The Bertz CT molecular complexity index is 329. The van der Waals surface area contributed by atoms with E-state index in [2.05, 4.69) is 27.1 Å². The van der Waals surface area contributed by atoms with Crippen molar-refractivity contribution in [3.05, 3.63) is 0 Å². The minimum absolute atomic E-state index is 0.0714. The summed E-state index contributed by atoms with van der Waals surface area (Å²) in [4.78, 5) is 7.32. The van der Waals surface area contributed by atoms with Gasteiger partial charge in [-0.1, -0.05) is 0 Å². The highest BCUT2D eigenvalue weighted by Gasteiger charge is 2.37. The van der Waals surface area contributed by atoms with Gasteiger partial charge in [0.1, 0.15) is 6.17 Å². The molecule has 0 aromatic carbocycles. The lowest BCUT2D eigenvalue weighted by Gasteiger charge is -2.44. The minimum atomic E-state index is -0.821. The summed E-state index contributed by atoms with van der Waals surface area (Å²) in [5.74, 6) is 0.774. The molecule has 128 valence electrons. The number of likely N-dealkylation sites (N-methyl/N-ethyl adjacent to an activating group) is 1. The monoisotopic (exact) mass is 313 g/mol. The van der Waals surface area contributed by atoms with E-state index < -0.39 is 6.17 Å². The van der Waals surface area contributed by atoms with Crippen molar-refractivity contribution in [2.75, 3.05) is 66.0 Å². The zero-order valence-electron chi connectivity index (χ0n) is 13.9. The molecule has 3 rings (SSSR count). The molecule has 3 N–H and O–H groups in total. The molecule has 3 aliphatic rings. The first kappa shape index (κ1) is 16.6. The lowest BCUT2D eigenvalue weighted by molar-refractivity contribution is 0.0347. The highest BCUT2D eigenvalue weighted by atomic mass is 19.1. The van der Waals surface area contributed by atoms with Gasteiger partial charge < -0.3 is 20.9 Å². The van der Waals surface area contributed by atoms with E-state index in [0.717, 1.165) is 25.6 Å². The third-order valence-electron chi connectivity index (χ3n) is 5.71. The van der Waals surface area contributed by atoms with E-state index in [9.17, 15) is 4.39 Å². The van der Waals surface area contributed by atoms with E-state index in [-0.39, 0.29) is 12.1 Å². The predicted molar refractivity (Wildman–Crippen MR) is 87.8 cm³/mol. The molecule has 6 heteroatoms. The molecule has 5 nitrogen and oxygen atoms in total. The van der Waals surface area contributed by atoms with Crippen molar-refractivity contribution in [1.82, 2.24) is 20.0 Å². The first-order valence-electron chi connectivity index (χ1n) is 8.89. The Kier molecular flexibility index (Phi) is 5.68. The Morgan fingerprint density at radius 3 is 2.36 bits per heavy atom. The van der Waals surface area contributed by atoms with Crippen molar-refractivity contribution in [2.45, 2.75) is 31.1 Å². The second-order valence-electron chi connectivity index (χ2n) is 7.41. The SMILES string of the molecule is CN1CCN(CC2CCN(C3C(N)CNCC3F)CC2)CC1. The Morgan fingerprint density at radius 2 is 1.73 bits per heavy atom. The second kappa shape index (κ2) is 7.53. The summed E-state index contributed by atoms with van der Waals surface area (Å²) < 4.78 is 14.2. The fourth-order valence-corrected chi connectivity index (χ4v) is 4.23. The van der Waals surface area contributed by atoms with Crippen molar-refractivity contribution in [3.8, 4) is 0 Å². The molecule has 3 fully saturated rings. The van der Waals surface area contributed by atoms with Crippen LogP contribution in [0.2, 0.25) is 0 Å². The molecule has 0 aromatic heterocycles. The number of piperidine rings is 2. The molecular formula is C16H32FN5. The number of alkyl halides is 1. The van der Waals surface area contributed by atoms with E-state index in [1.807, 2.05) is 0 Å². The molecule has 0 aliphatic carbocycles. The average Bonchev–Trinajstić information content (AvgIpc) is 2.51. The zero-order chi connectivity index (χ0) is 15.5. The molecule has 0 radical (unpaired) electrons. The van der Waals surface area contributed by atoms with Crippen LogP contribution < -0.4 is 11.1 Å². The fourth-order valence-electron chi connectivity index (χ4n) is 4.23. The van der Waals surface area contributed by atoms with Gasteiger partial charge >= 0.3 is 0 Å². The van der Waals surface area contributed by atoms with Crippen LogP contribution in [0.25, 0.3) is 0 Å². The van der Waals surface area contributed by atoms with Gasteiger partial charge in [0.15, 0.2) is 0 Å². The third-order valence-corrected chi connectivity index (χ3v) is 5.71. The summed E-state index contributed by atoms with van der Waals surface area (Å²) >= 11 is 0. The van der Waals surface area contributed by atoms with E-state index in [1.54, 1.807) is 0 Å². The second-order valence-corrected chi connectivity index (χ2v) is 7.41. The van der Waals surface area contributed by atoms with Crippen LogP contribution in [0.5, 0.6) is 0 Å². The van der Waals surface area contributed by atoms with Crippen LogP contribution in [-0.2, 0) is 0 Å². The smallest absolute Gasteiger partial charge is 0.129 e. The topological polar surface area (TPSA) is 47.8 Å². The Balaban J connectivity index is 1.44. The van der Waals surface area contributed by atoms with Gasteiger partial charge in [0.2, 0.25) is 0 Å². The summed E-state index contributed by atoms with van der Waals surface area (Å²) in [6.07, 6.45) is 1.56. The van der Waals surface area contributed by atoms with Crippen LogP contribution in [0.4, 0.5) is 4.39 Å². The summed E-state index contributed by atoms with van der Waals surface area (Å²) in [5, 5.41) is 3.08. The number of likely N-dealkylation sites (tertiary alicyclic amines) is 1. The van der Waals surface area contributed by atoms with Crippen LogP contribution >= 0.6 is 0 Å². The van der Waals surface area contributed by atoms with Gasteiger partial charge in [-0.05, 0) is 38.9 Å². The number of nitrogens with one attached hydrogen (secondary N) is 1. The first-order chi connectivity index (χ1) is 10.6. The molecule has 3 heterocycles. The number of hydrogen-bond donors (Lipinski definition) is 2. The van der Waals surface area contributed by atoms with Gasteiger partial charge in [-0.25, -0.2) is 4.39 Å². The maximum atomic E-state index is 14.2. The van der Waals surface area contributed by atoms with Crippen LogP contribution in [0.1, 0.15) is 12.8 Å². The normalized spacial score (nSPS) is 37.5. The van der Waals surface area contributed by atoms with Crippen molar-refractivity contribution in [3.63, 3.8) is 0 Å². The standard InChI is InChI=1S/C16H32FN5/c1-20-6-8-21(9-7-20)12-13-2-4-22(5-3-13)16-14(17)10-19-11-15(16)18/h13-16,19H,2-12,18H2,1H3. The molecule has 3 unspecified atom stereocenters. The number of nitrogens with two attached hydrogens (primary N) is 1. The number of nitrogens with zero attached hydrogens (tertiary/aromatic N) is 3. The highest BCUT2D eigenvalue weighted by molar-refractivity contribution is 4.96. The summed E-state index contributed by atoms with van der Waals surface area (Å²) in [6.45, 7) is 9.21. The lowest BCUT2D eigenvalue weighted by atomic mass is 9.91. The van der Waals surface area contributed by atoms with Crippen molar-refractivity contribution in [1.29, 1.82) is 0 Å².